The van der Waals surface area contributed by atoms with Crippen molar-refractivity contribution in [2.45, 2.75) is 6.04 Å². The molecule has 5 nitrogen and oxygen atoms in total. The third-order valence-electron chi connectivity index (χ3n) is 2.51. The Morgan fingerprint density at radius 2 is 2.25 bits per heavy atom. The van der Waals surface area contributed by atoms with Crippen LogP contribution in [0.25, 0.3) is 0 Å². The number of fused-ring (bicyclic) bond motifs is 1. The molecule has 3 N–H and O–H groups in total. The molecule has 1 heterocycles. The summed E-state index contributed by atoms with van der Waals surface area (Å²) in [4.78, 5) is 0. The molecule has 1 atom stereocenters. The van der Waals surface area contributed by atoms with Gasteiger partial charge in [0.15, 0.2) is 11.5 Å². The van der Waals surface area contributed by atoms with Crippen LogP contribution in [0.2, 0.25) is 0 Å². The Labute approximate surface area is 94.5 Å². The van der Waals surface area contributed by atoms with Gasteiger partial charge in [-0.25, -0.2) is 0 Å². The Kier molecular flexibility index (Phi) is 3.61. The van der Waals surface area contributed by atoms with E-state index in [1.54, 1.807) is 7.11 Å². The molecule has 0 spiro atoms. The summed E-state index contributed by atoms with van der Waals surface area (Å²) in [6, 6.07) is 5.67. The van der Waals surface area contributed by atoms with Crippen molar-refractivity contribution in [3.63, 3.8) is 0 Å². The van der Waals surface area contributed by atoms with Crippen LogP contribution in [-0.2, 0) is 4.74 Å². The quantitative estimate of drug-likeness (QED) is 0.579. The molecule has 1 aliphatic rings. The van der Waals surface area contributed by atoms with Crippen LogP contribution in [0.1, 0.15) is 11.6 Å². The molecule has 0 amide bonds. The van der Waals surface area contributed by atoms with E-state index < -0.39 is 0 Å². The maximum absolute atomic E-state index is 5.61. The van der Waals surface area contributed by atoms with Crippen LogP contribution in [0.15, 0.2) is 18.2 Å². The van der Waals surface area contributed by atoms with E-state index in [1.807, 2.05) is 18.2 Å². The summed E-state index contributed by atoms with van der Waals surface area (Å²) in [5.74, 6) is 7.02. The Bertz CT molecular complexity index is 357. The van der Waals surface area contributed by atoms with Crippen LogP contribution in [0, 0.1) is 0 Å². The van der Waals surface area contributed by atoms with E-state index in [2.05, 4.69) is 5.43 Å². The molecule has 0 fully saturated rings. The van der Waals surface area contributed by atoms with Crippen molar-refractivity contribution in [3.8, 4) is 11.5 Å². The van der Waals surface area contributed by atoms with E-state index in [4.69, 9.17) is 20.1 Å². The summed E-state index contributed by atoms with van der Waals surface area (Å²) in [6.45, 7) is 1.63. The number of benzene rings is 1. The van der Waals surface area contributed by atoms with E-state index >= 15 is 0 Å². The molecule has 1 aliphatic heterocycles. The highest BCUT2D eigenvalue weighted by Gasteiger charge is 2.21. The summed E-state index contributed by atoms with van der Waals surface area (Å²) < 4.78 is 16.2. The fourth-order valence-corrected chi connectivity index (χ4v) is 1.77. The highest BCUT2D eigenvalue weighted by Crippen LogP contribution is 2.36. The average molecular weight is 224 g/mol. The fourth-order valence-electron chi connectivity index (χ4n) is 1.77. The lowest BCUT2D eigenvalue weighted by Crippen LogP contribution is -2.32. The smallest absolute Gasteiger partial charge is 0.166 e. The largest absolute Gasteiger partial charge is 0.486 e. The molecule has 0 saturated carbocycles. The number of hydrogen-bond donors (Lipinski definition) is 2. The number of ether oxygens (including phenoxy) is 3. The Balaban J connectivity index is 2.31. The molecule has 2 rings (SSSR count). The van der Waals surface area contributed by atoms with Gasteiger partial charge in [-0.05, 0) is 6.07 Å². The van der Waals surface area contributed by atoms with Crippen LogP contribution in [0.5, 0.6) is 11.5 Å². The van der Waals surface area contributed by atoms with Gasteiger partial charge in [-0.3, -0.25) is 11.3 Å². The summed E-state index contributed by atoms with van der Waals surface area (Å²) in [6.07, 6.45) is 0. The van der Waals surface area contributed by atoms with Gasteiger partial charge in [-0.15, -0.1) is 0 Å². The number of hydrazine groups is 1. The summed E-state index contributed by atoms with van der Waals surface area (Å²) >= 11 is 0. The monoisotopic (exact) mass is 224 g/mol. The van der Waals surface area contributed by atoms with Crippen LogP contribution >= 0.6 is 0 Å². The molecule has 5 heteroatoms. The lowest BCUT2D eigenvalue weighted by Gasteiger charge is -2.24. The topological polar surface area (TPSA) is 65.7 Å². The normalized spacial score (nSPS) is 15.9. The van der Waals surface area contributed by atoms with Crippen LogP contribution in [0.4, 0.5) is 0 Å². The van der Waals surface area contributed by atoms with Crippen molar-refractivity contribution in [3.05, 3.63) is 23.8 Å². The number of nitrogens with two attached hydrogens (primary N) is 1. The third kappa shape index (κ3) is 2.11. The number of rotatable bonds is 4. The Morgan fingerprint density at radius 3 is 3.00 bits per heavy atom. The van der Waals surface area contributed by atoms with Gasteiger partial charge in [0.1, 0.15) is 13.2 Å². The molecule has 88 valence electrons. The van der Waals surface area contributed by atoms with Crippen LogP contribution < -0.4 is 20.7 Å². The van der Waals surface area contributed by atoms with Gasteiger partial charge in [0, 0.05) is 12.7 Å². The zero-order valence-electron chi connectivity index (χ0n) is 9.23. The van der Waals surface area contributed by atoms with E-state index in [9.17, 15) is 0 Å². The molecule has 0 bridgehead atoms. The second kappa shape index (κ2) is 5.16. The maximum atomic E-state index is 5.61. The van der Waals surface area contributed by atoms with Crippen LogP contribution in [-0.4, -0.2) is 26.9 Å². The number of para-hydroxylation sites is 1. The first-order valence-electron chi connectivity index (χ1n) is 5.20. The predicted octanol–water partition coefficient (Wildman–Crippen LogP) is 0.609. The lowest BCUT2D eigenvalue weighted by atomic mass is 10.1. The van der Waals surface area contributed by atoms with Crippen LogP contribution in [0.3, 0.4) is 0 Å². The lowest BCUT2D eigenvalue weighted by molar-refractivity contribution is 0.152. The number of hydrogen-bond acceptors (Lipinski definition) is 5. The highest BCUT2D eigenvalue weighted by atomic mass is 16.6. The summed E-state index contributed by atoms with van der Waals surface area (Å²) in [5.41, 5.74) is 3.67. The van der Waals surface area contributed by atoms with E-state index in [-0.39, 0.29) is 6.04 Å². The van der Waals surface area contributed by atoms with E-state index in [1.165, 1.54) is 0 Å². The van der Waals surface area contributed by atoms with Crippen molar-refractivity contribution in [2.24, 2.45) is 5.84 Å². The molecular formula is C11H16N2O3. The standard InChI is InChI=1S/C11H16N2O3/c1-14-7-9(13-12)8-3-2-4-10-11(8)16-6-5-15-10/h2-4,9,13H,5-7,12H2,1H3. The molecule has 1 unspecified atom stereocenters. The van der Waals surface area contributed by atoms with E-state index in [0.29, 0.717) is 19.8 Å². The van der Waals surface area contributed by atoms with Gasteiger partial charge in [0.05, 0.1) is 12.6 Å². The highest BCUT2D eigenvalue weighted by molar-refractivity contribution is 5.48. The fraction of sp³-hybridized carbons (Fsp3) is 0.455. The molecule has 16 heavy (non-hydrogen) atoms. The van der Waals surface area contributed by atoms with Gasteiger partial charge in [0.25, 0.3) is 0 Å². The second-order valence-corrected chi connectivity index (χ2v) is 3.55. The zero-order valence-corrected chi connectivity index (χ0v) is 9.23. The second-order valence-electron chi connectivity index (χ2n) is 3.55. The SMILES string of the molecule is COCC(NN)c1cccc2c1OCCO2. The van der Waals surface area contributed by atoms with Crippen molar-refractivity contribution in [2.75, 3.05) is 26.9 Å². The summed E-state index contributed by atoms with van der Waals surface area (Å²) in [7, 11) is 1.64. The molecule has 0 aliphatic carbocycles. The van der Waals surface area contributed by atoms with Crippen molar-refractivity contribution >= 4 is 0 Å². The van der Waals surface area contributed by atoms with Gasteiger partial charge in [-0.1, -0.05) is 12.1 Å². The molecule has 1 aromatic carbocycles. The molecule has 0 saturated heterocycles. The van der Waals surface area contributed by atoms with Crippen molar-refractivity contribution in [1.82, 2.24) is 5.43 Å². The maximum Gasteiger partial charge on any atom is 0.166 e. The minimum absolute atomic E-state index is 0.0957. The summed E-state index contributed by atoms with van der Waals surface area (Å²) in [5, 5.41) is 0. The van der Waals surface area contributed by atoms with Gasteiger partial charge < -0.3 is 14.2 Å². The molecule has 0 radical (unpaired) electrons. The van der Waals surface area contributed by atoms with Gasteiger partial charge >= 0.3 is 0 Å². The first-order valence-corrected chi connectivity index (χ1v) is 5.20. The third-order valence-corrected chi connectivity index (χ3v) is 2.51. The minimum Gasteiger partial charge on any atom is -0.486 e. The predicted molar refractivity (Wildman–Crippen MR) is 59.4 cm³/mol. The molecular weight excluding hydrogens is 208 g/mol. The van der Waals surface area contributed by atoms with Crippen molar-refractivity contribution in [1.29, 1.82) is 0 Å². The first-order chi connectivity index (χ1) is 7.86. The Hall–Kier alpha value is -1.30. The molecule has 0 aromatic heterocycles. The van der Waals surface area contributed by atoms with Gasteiger partial charge in [0.2, 0.25) is 0 Å². The average Bonchev–Trinajstić information content (AvgIpc) is 2.35. The number of nitrogens with one attached hydrogen (secondary N) is 1. The van der Waals surface area contributed by atoms with E-state index in [0.717, 1.165) is 17.1 Å². The zero-order chi connectivity index (χ0) is 11.4. The Morgan fingerprint density at radius 1 is 1.44 bits per heavy atom. The van der Waals surface area contributed by atoms with Gasteiger partial charge in [-0.2, -0.15) is 0 Å². The number of methoxy groups -OCH3 is 1. The molecule has 1 aromatic rings. The first kappa shape index (κ1) is 11.2. The minimum atomic E-state index is -0.0957. The van der Waals surface area contributed by atoms with Crippen molar-refractivity contribution < 1.29 is 14.2 Å².